The van der Waals surface area contributed by atoms with Crippen LogP contribution >= 0.6 is 22.7 Å². The second kappa shape index (κ2) is 6.21. The predicted octanol–water partition coefficient (Wildman–Crippen LogP) is 3.63. The van der Waals surface area contributed by atoms with E-state index in [9.17, 15) is 4.79 Å². The molecule has 7 heteroatoms. The summed E-state index contributed by atoms with van der Waals surface area (Å²) in [7, 11) is 0. The molecule has 0 bridgehead atoms. The standard InChI is InChI=1S/C14H12N2O3S2/c1-9-4-5-11(19-9)14-15-10(8-21-14)7-18-16-13(17)12-3-2-6-20-12/h2-6,8H,7H2,1H3,(H,16,17). The number of carbonyl (C=O) groups is 1. The van der Waals surface area contributed by atoms with E-state index in [1.54, 1.807) is 6.07 Å². The van der Waals surface area contributed by atoms with Gasteiger partial charge in [0.1, 0.15) is 12.4 Å². The molecule has 0 aromatic carbocycles. The number of aromatic nitrogens is 1. The summed E-state index contributed by atoms with van der Waals surface area (Å²) in [5.74, 6) is 1.34. The summed E-state index contributed by atoms with van der Waals surface area (Å²) < 4.78 is 5.51. The zero-order chi connectivity index (χ0) is 14.7. The molecule has 21 heavy (non-hydrogen) atoms. The molecular weight excluding hydrogens is 308 g/mol. The smallest absolute Gasteiger partial charge is 0.284 e. The van der Waals surface area contributed by atoms with Crippen molar-refractivity contribution in [3.8, 4) is 10.8 Å². The third-order valence-electron chi connectivity index (χ3n) is 2.63. The number of hydrogen-bond donors (Lipinski definition) is 1. The maximum Gasteiger partial charge on any atom is 0.284 e. The van der Waals surface area contributed by atoms with Crippen molar-refractivity contribution in [3.63, 3.8) is 0 Å². The highest BCUT2D eigenvalue weighted by atomic mass is 32.1. The van der Waals surface area contributed by atoms with Gasteiger partial charge >= 0.3 is 0 Å². The van der Waals surface area contributed by atoms with Crippen LogP contribution in [-0.2, 0) is 11.4 Å². The minimum Gasteiger partial charge on any atom is -0.459 e. The number of hydrogen-bond acceptors (Lipinski definition) is 6. The molecule has 0 aliphatic carbocycles. The molecule has 0 spiro atoms. The molecule has 0 saturated heterocycles. The summed E-state index contributed by atoms with van der Waals surface area (Å²) in [6.45, 7) is 2.11. The molecule has 5 nitrogen and oxygen atoms in total. The maximum absolute atomic E-state index is 11.7. The van der Waals surface area contributed by atoms with Crippen LogP contribution < -0.4 is 5.48 Å². The normalized spacial score (nSPS) is 10.7. The summed E-state index contributed by atoms with van der Waals surface area (Å²) in [6.07, 6.45) is 0. The topological polar surface area (TPSA) is 64.4 Å². The second-order valence-electron chi connectivity index (χ2n) is 4.25. The lowest BCUT2D eigenvalue weighted by atomic mass is 10.4. The number of rotatable bonds is 5. The minimum absolute atomic E-state index is 0.216. The predicted molar refractivity (Wildman–Crippen MR) is 81.1 cm³/mol. The van der Waals surface area contributed by atoms with Crippen molar-refractivity contribution in [2.75, 3.05) is 0 Å². The van der Waals surface area contributed by atoms with Gasteiger partial charge in [-0.15, -0.1) is 22.7 Å². The fourth-order valence-corrected chi connectivity index (χ4v) is 3.04. The first kappa shape index (κ1) is 14.0. The third kappa shape index (κ3) is 3.38. The molecule has 0 atom stereocenters. The molecule has 0 aliphatic heterocycles. The Balaban J connectivity index is 1.54. The van der Waals surface area contributed by atoms with Crippen LogP contribution in [0.3, 0.4) is 0 Å². The van der Waals surface area contributed by atoms with Gasteiger partial charge < -0.3 is 4.42 Å². The Morgan fingerprint density at radius 2 is 2.29 bits per heavy atom. The molecule has 3 heterocycles. The quantitative estimate of drug-likeness (QED) is 0.729. The highest BCUT2D eigenvalue weighted by molar-refractivity contribution is 7.13. The second-order valence-corrected chi connectivity index (χ2v) is 6.06. The van der Waals surface area contributed by atoms with Crippen molar-refractivity contribution in [1.82, 2.24) is 10.5 Å². The van der Waals surface area contributed by atoms with Crippen LogP contribution in [-0.4, -0.2) is 10.9 Å². The Morgan fingerprint density at radius 1 is 1.38 bits per heavy atom. The van der Waals surface area contributed by atoms with Crippen molar-refractivity contribution in [2.24, 2.45) is 0 Å². The largest absolute Gasteiger partial charge is 0.459 e. The molecule has 1 N–H and O–H groups in total. The van der Waals surface area contributed by atoms with Gasteiger partial charge in [0.25, 0.3) is 5.91 Å². The van der Waals surface area contributed by atoms with Gasteiger partial charge in [0.05, 0.1) is 10.6 Å². The van der Waals surface area contributed by atoms with Crippen molar-refractivity contribution >= 4 is 28.6 Å². The molecule has 0 fully saturated rings. The van der Waals surface area contributed by atoms with Crippen molar-refractivity contribution in [2.45, 2.75) is 13.5 Å². The molecule has 0 aliphatic rings. The van der Waals surface area contributed by atoms with Crippen LogP contribution in [0.25, 0.3) is 10.8 Å². The lowest BCUT2D eigenvalue weighted by Crippen LogP contribution is -2.22. The molecule has 0 saturated carbocycles. The van der Waals surface area contributed by atoms with Crippen molar-refractivity contribution < 1.29 is 14.0 Å². The first-order chi connectivity index (χ1) is 10.2. The Kier molecular flexibility index (Phi) is 4.14. The average Bonchev–Trinajstić information content (AvgIpc) is 3.19. The number of carbonyl (C=O) groups excluding carboxylic acids is 1. The first-order valence-corrected chi connectivity index (χ1v) is 7.95. The summed E-state index contributed by atoms with van der Waals surface area (Å²) in [6, 6.07) is 7.34. The lowest BCUT2D eigenvalue weighted by Gasteiger charge is -2.02. The van der Waals surface area contributed by atoms with E-state index in [0.29, 0.717) is 4.88 Å². The minimum atomic E-state index is -0.248. The molecule has 108 valence electrons. The Hall–Kier alpha value is -1.96. The Bertz CT molecular complexity index is 731. The summed E-state index contributed by atoms with van der Waals surface area (Å²) >= 11 is 2.84. The molecule has 3 rings (SSSR count). The number of nitrogens with zero attached hydrogens (tertiary/aromatic N) is 1. The fraction of sp³-hybridized carbons (Fsp3) is 0.143. The zero-order valence-electron chi connectivity index (χ0n) is 11.2. The van der Waals surface area contributed by atoms with Crippen LogP contribution in [0.15, 0.2) is 39.4 Å². The molecule has 0 radical (unpaired) electrons. The number of amides is 1. The number of nitrogens with one attached hydrogen (secondary N) is 1. The number of thiazole rings is 1. The van der Waals surface area contributed by atoms with Gasteiger partial charge in [0.2, 0.25) is 0 Å². The maximum atomic E-state index is 11.7. The van der Waals surface area contributed by atoms with E-state index < -0.39 is 0 Å². The van der Waals surface area contributed by atoms with Crippen LogP contribution in [0.2, 0.25) is 0 Å². The van der Waals surface area contributed by atoms with Gasteiger partial charge in [-0.1, -0.05) is 6.07 Å². The number of hydroxylamine groups is 1. The van der Waals surface area contributed by atoms with Gasteiger partial charge in [0, 0.05) is 5.38 Å². The van der Waals surface area contributed by atoms with E-state index in [2.05, 4.69) is 10.5 Å². The lowest BCUT2D eigenvalue weighted by molar-refractivity contribution is 0.0227. The van der Waals surface area contributed by atoms with E-state index in [4.69, 9.17) is 9.25 Å². The van der Waals surface area contributed by atoms with Gasteiger partial charge in [-0.05, 0) is 30.5 Å². The van der Waals surface area contributed by atoms with Gasteiger partial charge in [-0.2, -0.15) is 0 Å². The molecule has 3 aromatic heterocycles. The van der Waals surface area contributed by atoms with Gasteiger partial charge in [0.15, 0.2) is 10.8 Å². The van der Waals surface area contributed by atoms with Crippen LogP contribution in [0.5, 0.6) is 0 Å². The Labute approximate surface area is 129 Å². The molecular formula is C14H12N2O3S2. The summed E-state index contributed by atoms with van der Waals surface area (Å²) in [5, 5.41) is 4.52. The number of thiophene rings is 1. The van der Waals surface area contributed by atoms with E-state index in [0.717, 1.165) is 22.2 Å². The summed E-state index contributed by atoms with van der Waals surface area (Å²) in [4.78, 5) is 21.9. The van der Waals surface area contributed by atoms with Gasteiger partial charge in [-0.3, -0.25) is 9.63 Å². The molecule has 3 aromatic rings. The molecule has 1 amide bonds. The van der Waals surface area contributed by atoms with Crippen LogP contribution in [0.1, 0.15) is 21.1 Å². The number of aryl methyl sites for hydroxylation is 1. The fourth-order valence-electron chi connectivity index (χ4n) is 1.67. The molecule has 0 unspecified atom stereocenters. The number of furan rings is 1. The van der Waals surface area contributed by atoms with Gasteiger partial charge in [-0.25, -0.2) is 10.5 Å². The van der Waals surface area contributed by atoms with Crippen LogP contribution in [0, 0.1) is 6.92 Å². The van der Waals surface area contributed by atoms with Crippen LogP contribution in [0.4, 0.5) is 0 Å². The summed E-state index contributed by atoms with van der Waals surface area (Å²) in [5.41, 5.74) is 3.15. The van der Waals surface area contributed by atoms with E-state index in [-0.39, 0.29) is 12.5 Å². The highest BCUT2D eigenvalue weighted by Crippen LogP contribution is 2.25. The zero-order valence-corrected chi connectivity index (χ0v) is 12.8. The monoisotopic (exact) mass is 320 g/mol. The third-order valence-corrected chi connectivity index (χ3v) is 4.41. The Morgan fingerprint density at radius 3 is 3.00 bits per heavy atom. The van der Waals surface area contributed by atoms with E-state index in [1.807, 2.05) is 35.9 Å². The van der Waals surface area contributed by atoms with E-state index in [1.165, 1.54) is 22.7 Å². The van der Waals surface area contributed by atoms with E-state index >= 15 is 0 Å². The van der Waals surface area contributed by atoms with Crippen molar-refractivity contribution in [3.05, 3.63) is 51.4 Å². The SMILES string of the molecule is Cc1ccc(-c2nc(CONC(=O)c3cccs3)cs2)o1. The first-order valence-electron chi connectivity index (χ1n) is 6.19. The average molecular weight is 320 g/mol. The van der Waals surface area contributed by atoms with Crippen molar-refractivity contribution in [1.29, 1.82) is 0 Å². The highest BCUT2D eigenvalue weighted by Gasteiger charge is 2.10.